The molecule has 142 valence electrons. The fraction of sp³-hybridized carbons (Fsp3) is 0.300. The molecule has 2 aromatic rings. The number of hydrogen-bond donors (Lipinski definition) is 0. The Morgan fingerprint density at radius 1 is 0.571 bits per heavy atom. The molecule has 0 radical (unpaired) electrons. The maximum Gasteiger partial charge on any atom is 0.240 e. The van der Waals surface area contributed by atoms with Gasteiger partial charge in [-0.1, -0.05) is 37.1 Å². The van der Waals surface area contributed by atoms with Crippen molar-refractivity contribution in [2.24, 2.45) is 20.0 Å². The number of nitrogens with zero attached hydrogens (tertiary/aromatic N) is 4. The molecular weight excluding hydrogens is 360 g/mol. The zero-order chi connectivity index (χ0) is 20.5. The number of hydrogen-bond acceptors (Lipinski definition) is 8. The van der Waals surface area contributed by atoms with E-state index in [1.807, 2.05) is 0 Å². The number of isocyanates is 4. The fourth-order valence-corrected chi connectivity index (χ4v) is 2.40. The summed E-state index contributed by atoms with van der Waals surface area (Å²) in [5.74, 6) is 0. The molecule has 0 heterocycles. The van der Waals surface area contributed by atoms with Crippen molar-refractivity contribution in [1.82, 2.24) is 0 Å². The van der Waals surface area contributed by atoms with Gasteiger partial charge in [-0.2, -0.15) is 9.98 Å². The SMILES string of the molecule is O=C=NCCCCCCN=C=O.O=C=Nc1cccc2c(N=C=O)cccc12. The fourth-order valence-electron chi connectivity index (χ4n) is 2.40. The van der Waals surface area contributed by atoms with Gasteiger partial charge in [0.25, 0.3) is 0 Å². The Kier molecular flexibility index (Phi) is 11.4. The smallest absolute Gasteiger partial charge is 0.211 e. The Balaban J connectivity index is 0.000000295. The summed E-state index contributed by atoms with van der Waals surface area (Å²) in [6.07, 6.45) is 9.79. The van der Waals surface area contributed by atoms with Gasteiger partial charge in [0.2, 0.25) is 24.3 Å². The molecule has 0 spiro atoms. The molecule has 0 aromatic heterocycles. The van der Waals surface area contributed by atoms with Crippen LogP contribution in [0, 0.1) is 0 Å². The van der Waals surface area contributed by atoms with Crippen molar-refractivity contribution in [2.45, 2.75) is 25.7 Å². The van der Waals surface area contributed by atoms with Crippen molar-refractivity contribution in [3.63, 3.8) is 0 Å². The predicted molar refractivity (Wildman–Crippen MR) is 104 cm³/mol. The van der Waals surface area contributed by atoms with Crippen LogP contribution in [-0.4, -0.2) is 37.4 Å². The van der Waals surface area contributed by atoms with E-state index in [1.165, 1.54) is 24.3 Å². The molecule has 2 aromatic carbocycles. The van der Waals surface area contributed by atoms with Crippen molar-refractivity contribution in [2.75, 3.05) is 13.1 Å². The highest BCUT2D eigenvalue weighted by Gasteiger charge is 2.03. The van der Waals surface area contributed by atoms with E-state index in [2.05, 4.69) is 20.0 Å². The lowest BCUT2D eigenvalue weighted by atomic mass is 10.1. The van der Waals surface area contributed by atoms with Crippen LogP contribution in [0.3, 0.4) is 0 Å². The molecule has 0 bridgehead atoms. The number of aliphatic imine (C=N–C) groups is 4. The minimum absolute atomic E-state index is 0.510. The van der Waals surface area contributed by atoms with Gasteiger partial charge < -0.3 is 0 Å². The predicted octanol–water partition coefficient (Wildman–Crippen LogP) is 3.99. The average Bonchev–Trinajstić information content (AvgIpc) is 2.72. The molecule has 8 nitrogen and oxygen atoms in total. The second-order valence-electron chi connectivity index (χ2n) is 5.42. The molecule has 0 saturated carbocycles. The maximum atomic E-state index is 10.3. The summed E-state index contributed by atoms with van der Waals surface area (Å²) < 4.78 is 0. The molecule has 0 amide bonds. The first-order valence-electron chi connectivity index (χ1n) is 8.53. The van der Waals surface area contributed by atoms with Crippen LogP contribution in [0.25, 0.3) is 10.8 Å². The van der Waals surface area contributed by atoms with Crippen LogP contribution in [0.4, 0.5) is 11.4 Å². The molecule has 0 aliphatic carbocycles. The highest BCUT2D eigenvalue weighted by Crippen LogP contribution is 2.31. The van der Waals surface area contributed by atoms with Crippen molar-refractivity contribution in [3.8, 4) is 0 Å². The van der Waals surface area contributed by atoms with E-state index in [4.69, 9.17) is 0 Å². The summed E-state index contributed by atoms with van der Waals surface area (Å²) >= 11 is 0. The third-order valence-electron chi connectivity index (χ3n) is 3.63. The first-order chi connectivity index (χ1) is 13.8. The normalized spacial score (nSPS) is 8.86. The second kappa shape index (κ2) is 14.4. The molecule has 0 saturated heterocycles. The summed E-state index contributed by atoms with van der Waals surface area (Å²) in [6.45, 7) is 1.11. The topological polar surface area (TPSA) is 118 Å². The van der Waals surface area contributed by atoms with Gasteiger partial charge in [-0.3, -0.25) is 0 Å². The average molecular weight is 378 g/mol. The first-order valence-corrected chi connectivity index (χ1v) is 8.53. The molecule has 0 fully saturated rings. The summed E-state index contributed by atoms with van der Waals surface area (Å²) in [5, 5.41) is 1.50. The van der Waals surface area contributed by atoms with E-state index in [0.717, 1.165) is 36.5 Å². The van der Waals surface area contributed by atoms with Crippen LogP contribution in [-0.2, 0) is 19.2 Å². The van der Waals surface area contributed by atoms with Crippen molar-refractivity contribution in [3.05, 3.63) is 36.4 Å². The Morgan fingerprint density at radius 2 is 1.00 bits per heavy atom. The summed E-state index contributed by atoms with van der Waals surface area (Å²) in [6, 6.07) is 10.5. The minimum atomic E-state index is 0.510. The molecule has 0 aliphatic rings. The van der Waals surface area contributed by atoms with Crippen LogP contribution >= 0.6 is 0 Å². The lowest BCUT2D eigenvalue weighted by Crippen LogP contribution is -1.84. The molecule has 0 N–H and O–H groups in total. The molecule has 0 atom stereocenters. The molecule has 28 heavy (non-hydrogen) atoms. The van der Waals surface area contributed by atoms with Crippen LogP contribution in [0.5, 0.6) is 0 Å². The lowest BCUT2D eigenvalue weighted by molar-refractivity contribution is 0.558. The Hall–Kier alpha value is -3.78. The number of benzene rings is 2. The summed E-state index contributed by atoms with van der Waals surface area (Å²) in [7, 11) is 0. The quantitative estimate of drug-likeness (QED) is 0.372. The number of unbranched alkanes of at least 4 members (excludes halogenated alkanes) is 3. The highest BCUT2D eigenvalue weighted by molar-refractivity contribution is 6.00. The van der Waals surface area contributed by atoms with Crippen LogP contribution in [0.1, 0.15) is 25.7 Å². The molecular formula is C20H18N4O4. The summed E-state index contributed by atoms with van der Waals surface area (Å²) in [4.78, 5) is 53.8. The number of fused-ring (bicyclic) bond motifs is 1. The van der Waals surface area contributed by atoms with Gasteiger partial charge >= 0.3 is 0 Å². The summed E-state index contributed by atoms with van der Waals surface area (Å²) in [5.41, 5.74) is 1.02. The van der Waals surface area contributed by atoms with Gasteiger partial charge in [-0.25, -0.2) is 29.2 Å². The minimum Gasteiger partial charge on any atom is -0.211 e. The van der Waals surface area contributed by atoms with Gasteiger partial charge in [0, 0.05) is 10.8 Å². The van der Waals surface area contributed by atoms with Crippen LogP contribution < -0.4 is 0 Å². The largest absolute Gasteiger partial charge is 0.240 e. The monoisotopic (exact) mass is 378 g/mol. The van der Waals surface area contributed by atoms with Gasteiger partial charge in [-0.05, 0) is 25.0 Å². The van der Waals surface area contributed by atoms with E-state index >= 15 is 0 Å². The van der Waals surface area contributed by atoms with Crippen molar-refractivity contribution >= 4 is 46.5 Å². The van der Waals surface area contributed by atoms with E-state index in [0.29, 0.717) is 24.5 Å². The Morgan fingerprint density at radius 3 is 1.36 bits per heavy atom. The van der Waals surface area contributed by atoms with Gasteiger partial charge in [0.15, 0.2) is 0 Å². The molecule has 2 rings (SSSR count). The van der Waals surface area contributed by atoms with E-state index < -0.39 is 0 Å². The van der Waals surface area contributed by atoms with Crippen molar-refractivity contribution in [1.29, 1.82) is 0 Å². The lowest BCUT2D eigenvalue weighted by Gasteiger charge is -2.02. The van der Waals surface area contributed by atoms with E-state index in [9.17, 15) is 19.2 Å². The first kappa shape index (κ1) is 22.3. The van der Waals surface area contributed by atoms with Crippen molar-refractivity contribution < 1.29 is 19.2 Å². The Bertz CT molecular complexity index is 884. The van der Waals surface area contributed by atoms with E-state index in [-0.39, 0.29) is 0 Å². The number of rotatable bonds is 9. The standard InChI is InChI=1S/C12H6N2O2.C8H12N2O2/c15-7-13-11-5-1-3-9-10(11)4-2-6-12(9)14-8-16;11-7-9-5-3-1-2-4-6-10-8-12/h1-6H;1-6H2. The molecule has 8 heteroatoms. The molecule has 0 unspecified atom stereocenters. The zero-order valence-electron chi connectivity index (χ0n) is 15.1. The second-order valence-corrected chi connectivity index (χ2v) is 5.42. The maximum absolute atomic E-state index is 10.3. The third-order valence-corrected chi connectivity index (χ3v) is 3.63. The van der Waals surface area contributed by atoms with Gasteiger partial charge in [0.1, 0.15) is 0 Å². The highest BCUT2D eigenvalue weighted by atomic mass is 16.1. The third kappa shape index (κ3) is 8.07. The van der Waals surface area contributed by atoms with Crippen LogP contribution in [0.2, 0.25) is 0 Å². The van der Waals surface area contributed by atoms with E-state index in [1.54, 1.807) is 36.4 Å². The molecule has 0 aliphatic heterocycles. The van der Waals surface area contributed by atoms with Crippen LogP contribution in [0.15, 0.2) is 56.4 Å². The van der Waals surface area contributed by atoms with Gasteiger partial charge in [0.05, 0.1) is 24.5 Å². The van der Waals surface area contributed by atoms with Gasteiger partial charge in [-0.15, -0.1) is 0 Å². The zero-order valence-corrected chi connectivity index (χ0v) is 15.1. The number of carbonyl (C=O) groups excluding carboxylic acids is 4. The Labute approximate surface area is 161 Å².